The molecule has 0 saturated heterocycles. The molecule has 0 spiro atoms. The third-order valence-electron chi connectivity index (χ3n) is 4.64. The molecule has 27 heavy (non-hydrogen) atoms. The first-order valence-corrected chi connectivity index (χ1v) is 9.89. The molecule has 4 rings (SSSR count). The van der Waals surface area contributed by atoms with Gasteiger partial charge in [-0.2, -0.15) is 10.1 Å². The number of thiophene rings is 1. The molecule has 3 unspecified atom stereocenters. The van der Waals surface area contributed by atoms with Gasteiger partial charge in [-0.25, -0.2) is 4.98 Å². The number of amides is 1. The number of aromatic nitrogens is 5. The molecule has 142 valence electrons. The monoisotopic (exact) mass is 386 g/mol. The van der Waals surface area contributed by atoms with Crippen LogP contribution < -0.4 is 5.32 Å². The lowest BCUT2D eigenvalue weighted by atomic mass is 10.0. The maximum absolute atomic E-state index is 12.8. The summed E-state index contributed by atoms with van der Waals surface area (Å²) in [6.45, 7) is 6.29. The van der Waals surface area contributed by atoms with Crippen LogP contribution in [0.5, 0.6) is 0 Å². The molecule has 1 fully saturated rings. The molecule has 3 heterocycles. The Morgan fingerprint density at radius 2 is 2.30 bits per heavy atom. The van der Waals surface area contributed by atoms with Gasteiger partial charge in [0.25, 0.3) is 0 Å². The Morgan fingerprint density at radius 1 is 1.44 bits per heavy atom. The van der Waals surface area contributed by atoms with Gasteiger partial charge in [0, 0.05) is 21.6 Å². The first-order valence-electron chi connectivity index (χ1n) is 9.07. The summed E-state index contributed by atoms with van der Waals surface area (Å²) in [5, 5.41) is 13.6. The summed E-state index contributed by atoms with van der Waals surface area (Å²) in [5.41, 5.74) is 0. The molecule has 1 aliphatic carbocycles. The summed E-state index contributed by atoms with van der Waals surface area (Å²) in [4.78, 5) is 23.8. The zero-order chi connectivity index (χ0) is 19.0. The Balaban J connectivity index is 1.46. The van der Waals surface area contributed by atoms with E-state index >= 15 is 0 Å². The molecule has 2 N–H and O–H groups in total. The minimum Gasteiger partial charge on any atom is -0.344 e. The second-order valence-corrected chi connectivity index (χ2v) is 8.70. The van der Waals surface area contributed by atoms with Crippen LogP contribution in [0.3, 0.4) is 0 Å². The standard InChI is InChI=1S/C18H22N6O2S/c1-9(2)6-13(18-22-16(24-26-18)15-19-8-20-23-15)21-17(25)12-7-11(12)14-5-4-10(3)27-14/h4-5,8-9,11-13H,6-7H2,1-3H3,(H,21,25)(H,19,20,23). The van der Waals surface area contributed by atoms with E-state index in [0.717, 1.165) is 12.8 Å². The molecule has 8 nitrogen and oxygen atoms in total. The second-order valence-electron chi connectivity index (χ2n) is 7.38. The highest BCUT2D eigenvalue weighted by molar-refractivity contribution is 7.12. The molecule has 1 aliphatic rings. The highest BCUT2D eigenvalue weighted by Crippen LogP contribution is 2.50. The molecular formula is C18H22N6O2S. The van der Waals surface area contributed by atoms with Crippen LogP contribution in [0.25, 0.3) is 11.6 Å². The maximum atomic E-state index is 12.8. The third kappa shape index (κ3) is 3.92. The fourth-order valence-electron chi connectivity index (χ4n) is 3.21. The normalized spacial score (nSPS) is 20.0. The first kappa shape index (κ1) is 17.8. The van der Waals surface area contributed by atoms with Gasteiger partial charge in [0.05, 0.1) is 0 Å². The van der Waals surface area contributed by atoms with Gasteiger partial charge in [0.1, 0.15) is 12.4 Å². The number of carbonyl (C=O) groups is 1. The summed E-state index contributed by atoms with van der Waals surface area (Å²) >= 11 is 1.77. The highest BCUT2D eigenvalue weighted by Gasteiger charge is 2.45. The summed E-state index contributed by atoms with van der Waals surface area (Å²) in [6.07, 6.45) is 3.00. The predicted octanol–water partition coefficient (Wildman–Crippen LogP) is 3.23. The molecular weight excluding hydrogens is 364 g/mol. The Bertz CT molecular complexity index is 916. The largest absolute Gasteiger partial charge is 0.344 e. The van der Waals surface area contributed by atoms with Crippen LogP contribution >= 0.6 is 11.3 Å². The molecule has 3 aromatic heterocycles. The van der Waals surface area contributed by atoms with Crippen LogP contribution in [0.2, 0.25) is 0 Å². The summed E-state index contributed by atoms with van der Waals surface area (Å²) in [5.74, 6) is 1.94. The van der Waals surface area contributed by atoms with Crippen molar-refractivity contribution in [3.05, 3.63) is 34.1 Å². The van der Waals surface area contributed by atoms with Gasteiger partial charge in [-0.05, 0) is 37.8 Å². The minimum atomic E-state index is -0.312. The topological polar surface area (TPSA) is 110 Å². The van der Waals surface area contributed by atoms with Crippen molar-refractivity contribution in [1.82, 2.24) is 30.6 Å². The van der Waals surface area contributed by atoms with Crippen molar-refractivity contribution in [3.8, 4) is 11.6 Å². The molecule has 1 amide bonds. The number of hydrogen-bond donors (Lipinski definition) is 2. The zero-order valence-electron chi connectivity index (χ0n) is 15.5. The lowest BCUT2D eigenvalue weighted by Crippen LogP contribution is -2.31. The van der Waals surface area contributed by atoms with E-state index in [4.69, 9.17) is 4.52 Å². The second kappa shape index (κ2) is 7.22. The molecule has 9 heteroatoms. The van der Waals surface area contributed by atoms with Crippen molar-refractivity contribution >= 4 is 17.2 Å². The average molecular weight is 386 g/mol. The molecule has 0 bridgehead atoms. The highest BCUT2D eigenvalue weighted by atomic mass is 32.1. The van der Waals surface area contributed by atoms with Gasteiger partial charge in [-0.3, -0.25) is 9.89 Å². The van der Waals surface area contributed by atoms with Crippen LogP contribution in [0.1, 0.15) is 54.3 Å². The van der Waals surface area contributed by atoms with E-state index in [-0.39, 0.29) is 17.9 Å². The van der Waals surface area contributed by atoms with Crippen LogP contribution in [0.15, 0.2) is 23.0 Å². The van der Waals surface area contributed by atoms with E-state index < -0.39 is 0 Å². The minimum absolute atomic E-state index is 0.0226. The van der Waals surface area contributed by atoms with Gasteiger partial charge in [0.15, 0.2) is 5.82 Å². The number of H-pyrrole nitrogens is 1. The van der Waals surface area contributed by atoms with Crippen molar-refractivity contribution in [2.45, 2.75) is 45.6 Å². The van der Waals surface area contributed by atoms with E-state index in [1.807, 2.05) is 0 Å². The molecule has 0 aliphatic heterocycles. The van der Waals surface area contributed by atoms with Gasteiger partial charge in [-0.15, -0.1) is 11.3 Å². The van der Waals surface area contributed by atoms with E-state index in [9.17, 15) is 4.79 Å². The summed E-state index contributed by atoms with van der Waals surface area (Å²) in [6, 6.07) is 3.93. The number of carbonyl (C=O) groups excluding carboxylic acids is 1. The van der Waals surface area contributed by atoms with Crippen molar-refractivity contribution in [3.63, 3.8) is 0 Å². The van der Waals surface area contributed by atoms with Crippen LogP contribution in [0, 0.1) is 18.8 Å². The third-order valence-corrected chi connectivity index (χ3v) is 5.78. The number of aromatic amines is 1. The number of rotatable bonds is 7. The van der Waals surface area contributed by atoms with Gasteiger partial charge >= 0.3 is 0 Å². The van der Waals surface area contributed by atoms with Crippen molar-refractivity contribution in [2.24, 2.45) is 11.8 Å². The van der Waals surface area contributed by atoms with E-state index in [1.54, 1.807) is 11.3 Å². The van der Waals surface area contributed by atoms with E-state index in [1.165, 1.54) is 16.1 Å². The molecule has 3 aromatic rings. The lowest BCUT2D eigenvalue weighted by Gasteiger charge is -2.17. The van der Waals surface area contributed by atoms with E-state index in [2.05, 4.69) is 63.5 Å². The first-order chi connectivity index (χ1) is 13.0. The Hall–Kier alpha value is -2.55. The maximum Gasteiger partial charge on any atom is 0.249 e. The Kier molecular flexibility index (Phi) is 4.77. The van der Waals surface area contributed by atoms with Crippen LogP contribution in [-0.4, -0.2) is 31.2 Å². The number of nitrogens with zero attached hydrogens (tertiary/aromatic N) is 4. The zero-order valence-corrected chi connectivity index (χ0v) is 16.3. The molecule has 1 saturated carbocycles. The van der Waals surface area contributed by atoms with Gasteiger partial charge in [0.2, 0.25) is 17.6 Å². The average Bonchev–Trinajstić information content (AvgIpc) is 3.04. The molecule has 3 atom stereocenters. The predicted molar refractivity (Wildman–Crippen MR) is 99.9 cm³/mol. The summed E-state index contributed by atoms with van der Waals surface area (Å²) in [7, 11) is 0. The fourth-order valence-corrected chi connectivity index (χ4v) is 4.27. The molecule has 0 aromatic carbocycles. The summed E-state index contributed by atoms with van der Waals surface area (Å²) < 4.78 is 5.41. The van der Waals surface area contributed by atoms with Crippen molar-refractivity contribution in [1.29, 1.82) is 0 Å². The quantitative estimate of drug-likeness (QED) is 0.645. The number of nitrogens with one attached hydrogen (secondary N) is 2. The smallest absolute Gasteiger partial charge is 0.249 e. The van der Waals surface area contributed by atoms with Crippen molar-refractivity contribution < 1.29 is 9.32 Å². The van der Waals surface area contributed by atoms with Gasteiger partial charge in [-0.1, -0.05) is 19.0 Å². The van der Waals surface area contributed by atoms with E-state index in [0.29, 0.717) is 29.4 Å². The molecule has 0 radical (unpaired) electrons. The Labute approximate surface area is 160 Å². The fraction of sp³-hybridized carbons (Fsp3) is 0.500. The van der Waals surface area contributed by atoms with Crippen molar-refractivity contribution in [2.75, 3.05) is 0 Å². The Morgan fingerprint density at radius 3 is 2.96 bits per heavy atom. The number of hydrogen-bond acceptors (Lipinski definition) is 7. The van der Waals surface area contributed by atoms with Crippen LogP contribution in [0.4, 0.5) is 0 Å². The lowest BCUT2D eigenvalue weighted by molar-refractivity contribution is -0.123. The SMILES string of the molecule is Cc1ccc(C2CC2C(=O)NC(CC(C)C)c2nc(-c3ncn[nH]3)no2)s1. The van der Waals surface area contributed by atoms with Crippen LogP contribution in [-0.2, 0) is 4.79 Å². The van der Waals surface area contributed by atoms with Gasteiger partial charge < -0.3 is 9.84 Å². The number of aryl methyl sites for hydroxylation is 1.